The number of carbonyl (C=O) groups is 3. The fourth-order valence-corrected chi connectivity index (χ4v) is 2.21. The standard InChI is InChI=1S/C13H22N2O6/c1-4-15(10-7-20-6-9(10)11(16)17)13(19)14-8(3)12(18)21-5-2/h8-10H,4-7H2,1-3H3,(H,14,19)(H,16,17). The highest BCUT2D eigenvalue weighted by Gasteiger charge is 2.39. The van der Waals surface area contributed by atoms with Crippen molar-refractivity contribution in [3.63, 3.8) is 0 Å². The maximum Gasteiger partial charge on any atom is 0.328 e. The van der Waals surface area contributed by atoms with Gasteiger partial charge in [0.25, 0.3) is 0 Å². The molecule has 21 heavy (non-hydrogen) atoms. The molecule has 1 aliphatic heterocycles. The van der Waals surface area contributed by atoms with Gasteiger partial charge in [-0.25, -0.2) is 9.59 Å². The number of aliphatic carboxylic acids is 1. The second-order valence-electron chi connectivity index (χ2n) is 4.76. The number of esters is 1. The second-order valence-corrected chi connectivity index (χ2v) is 4.76. The minimum absolute atomic E-state index is 0.0806. The van der Waals surface area contributed by atoms with Crippen molar-refractivity contribution in [3.05, 3.63) is 0 Å². The van der Waals surface area contributed by atoms with E-state index in [1.54, 1.807) is 13.8 Å². The fraction of sp³-hybridized carbons (Fsp3) is 0.769. The van der Waals surface area contributed by atoms with Crippen molar-refractivity contribution in [1.29, 1.82) is 0 Å². The number of ether oxygens (including phenoxy) is 2. The summed E-state index contributed by atoms with van der Waals surface area (Å²) in [6.07, 6.45) is 0. The molecule has 0 aromatic heterocycles. The number of carboxylic acids is 1. The van der Waals surface area contributed by atoms with E-state index in [9.17, 15) is 14.4 Å². The third-order valence-electron chi connectivity index (χ3n) is 3.35. The Bertz CT molecular complexity index is 400. The van der Waals surface area contributed by atoms with Crippen LogP contribution in [0.5, 0.6) is 0 Å². The van der Waals surface area contributed by atoms with Crippen LogP contribution in [0.4, 0.5) is 4.79 Å². The Balaban J connectivity index is 2.69. The number of carboxylic acid groups (broad SMARTS) is 1. The van der Waals surface area contributed by atoms with Crippen LogP contribution in [0.2, 0.25) is 0 Å². The van der Waals surface area contributed by atoms with Gasteiger partial charge >= 0.3 is 18.0 Å². The lowest BCUT2D eigenvalue weighted by atomic mass is 10.0. The Morgan fingerprint density at radius 2 is 2.05 bits per heavy atom. The Labute approximate surface area is 123 Å². The SMILES string of the molecule is CCOC(=O)C(C)NC(=O)N(CC)C1COCC1C(=O)O. The lowest BCUT2D eigenvalue weighted by Gasteiger charge is -2.30. The molecule has 0 aliphatic carbocycles. The first-order valence-electron chi connectivity index (χ1n) is 6.96. The van der Waals surface area contributed by atoms with Gasteiger partial charge in [0.15, 0.2) is 0 Å². The first-order chi connectivity index (χ1) is 9.92. The summed E-state index contributed by atoms with van der Waals surface area (Å²) in [7, 11) is 0. The van der Waals surface area contributed by atoms with Crippen molar-refractivity contribution in [2.24, 2.45) is 5.92 Å². The Kier molecular flexibility index (Phi) is 6.41. The molecule has 3 unspecified atom stereocenters. The maximum absolute atomic E-state index is 12.2. The molecule has 0 radical (unpaired) electrons. The van der Waals surface area contributed by atoms with Crippen LogP contribution in [0.25, 0.3) is 0 Å². The minimum Gasteiger partial charge on any atom is -0.481 e. The van der Waals surface area contributed by atoms with E-state index >= 15 is 0 Å². The minimum atomic E-state index is -0.998. The molecule has 1 aliphatic rings. The van der Waals surface area contributed by atoms with Crippen LogP contribution in [0.1, 0.15) is 20.8 Å². The number of nitrogens with one attached hydrogen (secondary N) is 1. The van der Waals surface area contributed by atoms with E-state index in [1.165, 1.54) is 11.8 Å². The summed E-state index contributed by atoms with van der Waals surface area (Å²) in [6.45, 7) is 5.74. The van der Waals surface area contributed by atoms with Crippen molar-refractivity contribution in [2.75, 3.05) is 26.4 Å². The van der Waals surface area contributed by atoms with E-state index in [1.807, 2.05) is 0 Å². The Morgan fingerprint density at radius 1 is 1.38 bits per heavy atom. The highest BCUT2D eigenvalue weighted by atomic mass is 16.5. The molecule has 0 bridgehead atoms. The molecule has 1 heterocycles. The first kappa shape index (κ1) is 17.2. The fourth-order valence-electron chi connectivity index (χ4n) is 2.21. The van der Waals surface area contributed by atoms with Gasteiger partial charge in [-0.15, -0.1) is 0 Å². The lowest BCUT2D eigenvalue weighted by Crippen LogP contribution is -2.53. The van der Waals surface area contributed by atoms with Crippen molar-refractivity contribution in [1.82, 2.24) is 10.2 Å². The number of hydrogen-bond donors (Lipinski definition) is 2. The molecule has 1 rings (SSSR count). The highest BCUT2D eigenvalue weighted by Crippen LogP contribution is 2.20. The highest BCUT2D eigenvalue weighted by molar-refractivity contribution is 5.84. The van der Waals surface area contributed by atoms with Gasteiger partial charge in [-0.1, -0.05) is 0 Å². The van der Waals surface area contributed by atoms with E-state index in [2.05, 4.69) is 5.32 Å². The summed E-state index contributed by atoms with van der Waals surface area (Å²) in [6, 6.07) is -1.83. The third-order valence-corrected chi connectivity index (χ3v) is 3.35. The van der Waals surface area contributed by atoms with Gasteiger partial charge in [-0.05, 0) is 20.8 Å². The van der Waals surface area contributed by atoms with Crippen LogP contribution in [-0.2, 0) is 19.1 Å². The molecule has 2 amide bonds. The normalized spacial score (nSPS) is 22.4. The molecule has 0 aromatic rings. The molecule has 0 saturated carbocycles. The predicted molar refractivity (Wildman–Crippen MR) is 72.7 cm³/mol. The van der Waals surface area contributed by atoms with Crippen LogP contribution in [0, 0.1) is 5.92 Å². The number of nitrogens with zero attached hydrogens (tertiary/aromatic N) is 1. The zero-order valence-corrected chi connectivity index (χ0v) is 12.5. The molecule has 2 N–H and O–H groups in total. The quantitative estimate of drug-likeness (QED) is 0.673. The summed E-state index contributed by atoms with van der Waals surface area (Å²) in [5.41, 5.74) is 0. The van der Waals surface area contributed by atoms with Gasteiger partial charge < -0.3 is 24.8 Å². The van der Waals surface area contributed by atoms with E-state index in [0.717, 1.165) is 0 Å². The van der Waals surface area contributed by atoms with Gasteiger partial charge in [-0.3, -0.25) is 4.79 Å². The number of rotatable bonds is 6. The number of amides is 2. The van der Waals surface area contributed by atoms with Gasteiger partial charge in [0.1, 0.15) is 12.0 Å². The average Bonchev–Trinajstić information content (AvgIpc) is 2.89. The number of likely N-dealkylation sites (N-methyl/N-ethyl adjacent to an activating group) is 1. The van der Waals surface area contributed by atoms with Gasteiger partial charge in [0, 0.05) is 6.54 Å². The van der Waals surface area contributed by atoms with Crippen LogP contribution in [-0.4, -0.2) is 66.4 Å². The molecule has 1 fully saturated rings. The Morgan fingerprint density at radius 3 is 2.57 bits per heavy atom. The van der Waals surface area contributed by atoms with Crippen molar-refractivity contribution in [3.8, 4) is 0 Å². The van der Waals surface area contributed by atoms with E-state index in [-0.39, 0.29) is 19.8 Å². The molecule has 8 heteroatoms. The van der Waals surface area contributed by atoms with Gasteiger partial charge in [0.05, 0.1) is 25.9 Å². The molecule has 0 spiro atoms. The van der Waals surface area contributed by atoms with E-state index in [0.29, 0.717) is 6.54 Å². The molecule has 3 atom stereocenters. The summed E-state index contributed by atoms with van der Waals surface area (Å²) >= 11 is 0. The summed E-state index contributed by atoms with van der Waals surface area (Å²) in [5, 5.41) is 11.7. The molecule has 1 saturated heterocycles. The lowest BCUT2D eigenvalue weighted by molar-refractivity contribution is -0.145. The zero-order valence-electron chi connectivity index (χ0n) is 12.5. The monoisotopic (exact) mass is 302 g/mol. The third kappa shape index (κ3) is 4.32. The molecule has 8 nitrogen and oxygen atoms in total. The van der Waals surface area contributed by atoms with E-state index < -0.39 is 36.0 Å². The predicted octanol–water partition coefficient (Wildman–Crippen LogP) is 0.0691. The van der Waals surface area contributed by atoms with Crippen LogP contribution in [0.3, 0.4) is 0 Å². The van der Waals surface area contributed by atoms with Gasteiger partial charge in [-0.2, -0.15) is 0 Å². The number of hydrogen-bond acceptors (Lipinski definition) is 5. The largest absolute Gasteiger partial charge is 0.481 e. The topological polar surface area (TPSA) is 105 Å². The van der Waals surface area contributed by atoms with Crippen molar-refractivity contribution in [2.45, 2.75) is 32.9 Å². The van der Waals surface area contributed by atoms with Crippen LogP contribution in [0.15, 0.2) is 0 Å². The molecular formula is C13H22N2O6. The van der Waals surface area contributed by atoms with Crippen LogP contribution < -0.4 is 5.32 Å². The summed E-state index contributed by atoms with van der Waals surface area (Å²) in [5.74, 6) is -2.28. The van der Waals surface area contributed by atoms with Crippen LogP contribution >= 0.6 is 0 Å². The first-order valence-corrected chi connectivity index (χ1v) is 6.96. The van der Waals surface area contributed by atoms with Gasteiger partial charge in [0.2, 0.25) is 0 Å². The molecular weight excluding hydrogens is 280 g/mol. The summed E-state index contributed by atoms with van der Waals surface area (Å²) < 4.78 is 9.97. The average molecular weight is 302 g/mol. The number of urea groups is 1. The smallest absolute Gasteiger partial charge is 0.328 e. The second kappa shape index (κ2) is 7.82. The zero-order chi connectivity index (χ0) is 16.0. The van der Waals surface area contributed by atoms with E-state index in [4.69, 9.17) is 14.6 Å². The van der Waals surface area contributed by atoms with Crippen molar-refractivity contribution < 1.29 is 29.0 Å². The Hall–Kier alpha value is -1.83. The van der Waals surface area contributed by atoms with Crippen molar-refractivity contribution >= 4 is 18.0 Å². The summed E-state index contributed by atoms with van der Waals surface area (Å²) in [4.78, 5) is 36.3. The molecule has 0 aromatic carbocycles. The maximum atomic E-state index is 12.2. The molecule has 120 valence electrons. The number of carbonyl (C=O) groups excluding carboxylic acids is 2.